The van der Waals surface area contributed by atoms with Gasteiger partial charge in [-0.2, -0.15) is 0 Å². The lowest BCUT2D eigenvalue weighted by Crippen LogP contribution is -2.17. The normalized spacial score (nSPS) is 11.1. The van der Waals surface area contributed by atoms with Crippen molar-refractivity contribution in [3.05, 3.63) is 41.6 Å². The first kappa shape index (κ1) is 10.7. The van der Waals surface area contributed by atoms with Crippen molar-refractivity contribution < 1.29 is 4.79 Å². The highest BCUT2D eigenvalue weighted by atomic mass is 32.1. The lowest BCUT2D eigenvalue weighted by Gasteiger charge is -2.02. The van der Waals surface area contributed by atoms with Crippen LogP contribution in [-0.4, -0.2) is 13.0 Å². The van der Waals surface area contributed by atoms with Crippen LogP contribution in [-0.2, 0) is 0 Å². The SMILES string of the molecule is CNC(=O)c1ccc(/C(S)=C/N)cc1. The summed E-state index contributed by atoms with van der Waals surface area (Å²) in [5, 5.41) is 2.55. The van der Waals surface area contributed by atoms with Gasteiger partial charge in [0, 0.05) is 23.7 Å². The lowest BCUT2D eigenvalue weighted by atomic mass is 10.1. The molecule has 0 spiro atoms. The Balaban J connectivity index is 2.95. The average Bonchev–Trinajstić information content (AvgIpc) is 2.27. The van der Waals surface area contributed by atoms with Crippen molar-refractivity contribution in [2.45, 2.75) is 0 Å². The molecule has 0 bridgehead atoms. The minimum atomic E-state index is -0.103. The summed E-state index contributed by atoms with van der Waals surface area (Å²) in [6, 6.07) is 7.06. The minimum Gasteiger partial charge on any atom is -0.404 e. The molecular formula is C10H12N2OS. The summed E-state index contributed by atoms with van der Waals surface area (Å²) in [6.45, 7) is 0. The number of hydrogen-bond acceptors (Lipinski definition) is 3. The van der Waals surface area contributed by atoms with Gasteiger partial charge in [-0.3, -0.25) is 4.79 Å². The predicted octanol–water partition coefficient (Wildman–Crippen LogP) is 1.23. The third-order valence-electron chi connectivity index (χ3n) is 1.83. The molecule has 1 amide bonds. The topological polar surface area (TPSA) is 55.1 Å². The van der Waals surface area contributed by atoms with Crippen LogP contribution in [0.15, 0.2) is 30.5 Å². The zero-order valence-electron chi connectivity index (χ0n) is 7.82. The van der Waals surface area contributed by atoms with Gasteiger partial charge in [-0.05, 0) is 17.7 Å². The molecule has 0 aliphatic rings. The van der Waals surface area contributed by atoms with Crippen molar-refractivity contribution >= 4 is 23.4 Å². The molecule has 1 aromatic rings. The molecule has 0 atom stereocenters. The standard InChI is InChI=1S/C10H12N2OS/c1-12-10(13)8-4-2-7(3-5-8)9(14)6-11/h2-6,14H,11H2,1H3,(H,12,13)/b9-6-. The van der Waals surface area contributed by atoms with Gasteiger partial charge >= 0.3 is 0 Å². The first-order valence-corrected chi connectivity index (χ1v) is 4.57. The molecule has 0 heterocycles. The minimum absolute atomic E-state index is 0.103. The van der Waals surface area contributed by atoms with E-state index in [0.717, 1.165) is 5.56 Å². The van der Waals surface area contributed by atoms with Gasteiger partial charge in [-0.25, -0.2) is 0 Å². The van der Waals surface area contributed by atoms with Gasteiger partial charge in [-0.15, -0.1) is 12.6 Å². The van der Waals surface area contributed by atoms with E-state index in [2.05, 4.69) is 17.9 Å². The zero-order valence-corrected chi connectivity index (χ0v) is 8.71. The van der Waals surface area contributed by atoms with E-state index in [1.807, 2.05) is 0 Å². The molecule has 0 unspecified atom stereocenters. The lowest BCUT2D eigenvalue weighted by molar-refractivity contribution is 0.0963. The fourth-order valence-electron chi connectivity index (χ4n) is 1.03. The summed E-state index contributed by atoms with van der Waals surface area (Å²) in [5.74, 6) is -0.103. The highest BCUT2D eigenvalue weighted by Crippen LogP contribution is 2.17. The monoisotopic (exact) mass is 208 g/mol. The molecule has 3 N–H and O–H groups in total. The second-order valence-electron chi connectivity index (χ2n) is 2.71. The first-order valence-electron chi connectivity index (χ1n) is 4.12. The Morgan fingerprint density at radius 1 is 1.36 bits per heavy atom. The fraction of sp³-hybridized carbons (Fsp3) is 0.100. The largest absolute Gasteiger partial charge is 0.404 e. The number of carbonyl (C=O) groups is 1. The number of amides is 1. The van der Waals surface area contributed by atoms with Gasteiger partial charge in [0.15, 0.2) is 0 Å². The van der Waals surface area contributed by atoms with Crippen LogP contribution in [0.5, 0.6) is 0 Å². The van der Waals surface area contributed by atoms with E-state index in [0.29, 0.717) is 10.5 Å². The second kappa shape index (κ2) is 4.72. The van der Waals surface area contributed by atoms with E-state index in [9.17, 15) is 4.79 Å². The fourth-order valence-corrected chi connectivity index (χ4v) is 1.18. The average molecular weight is 208 g/mol. The number of thiol groups is 1. The maximum atomic E-state index is 11.2. The Morgan fingerprint density at radius 3 is 2.29 bits per heavy atom. The van der Waals surface area contributed by atoms with E-state index in [1.54, 1.807) is 31.3 Å². The number of carbonyl (C=O) groups excluding carboxylic acids is 1. The summed E-state index contributed by atoms with van der Waals surface area (Å²) in [6.07, 6.45) is 1.41. The van der Waals surface area contributed by atoms with Crippen molar-refractivity contribution in [3.63, 3.8) is 0 Å². The smallest absolute Gasteiger partial charge is 0.251 e. The molecule has 0 radical (unpaired) electrons. The van der Waals surface area contributed by atoms with Crippen LogP contribution >= 0.6 is 12.6 Å². The molecule has 4 heteroatoms. The van der Waals surface area contributed by atoms with E-state index in [4.69, 9.17) is 5.73 Å². The second-order valence-corrected chi connectivity index (χ2v) is 3.19. The molecule has 0 fully saturated rings. The van der Waals surface area contributed by atoms with Crippen molar-refractivity contribution in [1.29, 1.82) is 0 Å². The molecule has 74 valence electrons. The van der Waals surface area contributed by atoms with Crippen LogP contribution in [0.3, 0.4) is 0 Å². The summed E-state index contributed by atoms with van der Waals surface area (Å²) in [5.41, 5.74) is 6.82. The van der Waals surface area contributed by atoms with Gasteiger partial charge in [0.05, 0.1) is 0 Å². The van der Waals surface area contributed by atoms with E-state index in [1.165, 1.54) is 6.20 Å². The number of hydrogen-bond donors (Lipinski definition) is 3. The van der Waals surface area contributed by atoms with E-state index in [-0.39, 0.29) is 5.91 Å². The molecule has 1 aromatic carbocycles. The van der Waals surface area contributed by atoms with Crippen molar-refractivity contribution in [3.8, 4) is 0 Å². The van der Waals surface area contributed by atoms with Crippen LogP contribution in [0, 0.1) is 0 Å². The molecule has 0 aliphatic heterocycles. The third kappa shape index (κ3) is 2.29. The highest BCUT2D eigenvalue weighted by molar-refractivity contribution is 7.90. The quantitative estimate of drug-likeness (QED) is 0.640. The molecule has 3 nitrogen and oxygen atoms in total. The number of nitrogens with two attached hydrogens (primary N) is 1. The Hall–Kier alpha value is -1.42. The molecule has 0 aromatic heterocycles. The Bertz CT molecular complexity index is 357. The number of benzene rings is 1. The van der Waals surface area contributed by atoms with Crippen LogP contribution < -0.4 is 11.1 Å². The zero-order chi connectivity index (χ0) is 10.6. The third-order valence-corrected chi connectivity index (χ3v) is 2.24. The molecular weight excluding hydrogens is 196 g/mol. The Labute approximate surface area is 88.4 Å². The molecule has 0 saturated carbocycles. The van der Waals surface area contributed by atoms with E-state index >= 15 is 0 Å². The summed E-state index contributed by atoms with van der Waals surface area (Å²) >= 11 is 4.16. The number of nitrogens with one attached hydrogen (secondary N) is 1. The summed E-state index contributed by atoms with van der Waals surface area (Å²) in [4.78, 5) is 11.9. The van der Waals surface area contributed by atoms with Gasteiger partial charge < -0.3 is 11.1 Å². The van der Waals surface area contributed by atoms with Gasteiger partial charge in [0.1, 0.15) is 0 Å². The van der Waals surface area contributed by atoms with Crippen molar-refractivity contribution in [2.75, 3.05) is 7.05 Å². The molecule has 0 saturated heterocycles. The first-order chi connectivity index (χ1) is 6.69. The van der Waals surface area contributed by atoms with Crippen LogP contribution in [0.1, 0.15) is 15.9 Å². The maximum Gasteiger partial charge on any atom is 0.251 e. The maximum absolute atomic E-state index is 11.2. The van der Waals surface area contributed by atoms with E-state index < -0.39 is 0 Å². The Morgan fingerprint density at radius 2 is 1.86 bits per heavy atom. The van der Waals surface area contributed by atoms with Gasteiger partial charge in [0.25, 0.3) is 5.91 Å². The number of rotatable bonds is 2. The van der Waals surface area contributed by atoms with Crippen molar-refractivity contribution in [2.24, 2.45) is 5.73 Å². The summed E-state index contributed by atoms with van der Waals surface area (Å²) in [7, 11) is 1.60. The van der Waals surface area contributed by atoms with Crippen LogP contribution in [0.2, 0.25) is 0 Å². The highest BCUT2D eigenvalue weighted by Gasteiger charge is 2.02. The van der Waals surface area contributed by atoms with Gasteiger partial charge in [-0.1, -0.05) is 12.1 Å². The molecule has 1 rings (SSSR count). The van der Waals surface area contributed by atoms with Gasteiger partial charge in [0.2, 0.25) is 0 Å². The van der Waals surface area contributed by atoms with Crippen LogP contribution in [0.4, 0.5) is 0 Å². The molecule has 0 aliphatic carbocycles. The Kier molecular flexibility index (Phi) is 3.59. The van der Waals surface area contributed by atoms with Crippen LogP contribution in [0.25, 0.3) is 4.91 Å². The molecule has 14 heavy (non-hydrogen) atoms. The predicted molar refractivity (Wildman–Crippen MR) is 61.0 cm³/mol. The summed E-state index contributed by atoms with van der Waals surface area (Å²) < 4.78 is 0. The van der Waals surface area contributed by atoms with Crippen molar-refractivity contribution in [1.82, 2.24) is 5.32 Å².